The lowest BCUT2D eigenvalue weighted by Gasteiger charge is -2.18. The van der Waals surface area contributed by atoms with Crippen LogP contribution in [0.15, 0.2) is 18.2 Å². The first-order chi connectivity index (χ1) is 9.11. The molecule has 0 saturated heterocycles. The number of benzene rings is 1. The molecule has 0 spiro atoms. The van der Waals surface area contributed by atoms with Gasteiger partial charge in [0, 0.05) is 19.2 Å². The Morgan fingerprint density at radius 1 is 1.47 bits per heavy atom. The Hall–Kier alpha value is -1.79. The largest absolute Gasteiger partial charge is 0.384 e. The topological polar surface area (TPSA) is 40.5 Å². The number of rotatable bonds is 3. The number of carbonyl (C=O) groups excluding carboxylic acids is 1. The number of nitrogens with zero attached hydrogens (tertiary/aromatic N) is 1. The predicted molar refractivity (Wildman–Crippen MR) is 74.8 cm³/mol. The second-order valence-electron chi connectivity index (χ2n) is 5.14. The summed E-state index contributed by atoms with van der Waals surface area (Å²) in [6.45, 7) is 2.59. The van der Waals surface area contributed by atoms with E-state index in [9.17, 15) is 4.79 Å². The zero-order chi connectivity index (χ0) is 13.8. The summed E-state index contributed by atoms with van der Waals surface area (Å²) in [6, 6.07) is 5.63. The molecule has 1 fully saturated rings. The molecule has 0 atom stereocenters. The monoisotopic (exact) mass is 257 g/mol. The highest BCUT2D eigenvalue weighted by Crippen LogP contribution is 2.29. The number of aryl methyl sites for hydroxylation is 1. The Kier molecular flexibility index (Phi) is 4.24. The summed E-state index contributed by atoms with van der Waals surface area (Å²) >= 11 is 0. The van der Waals surface area contributed by atoms with E-state index in [-0.39, 0.29) is 12.5 Å². The summed E-state index contributed by atoms with van der Waals surface area (Å²) in [4.78, 5) is 14.2. The van der Waals surface area contributed by atoms with Crippen LogP contribution in [0, 0.1) is 24.7 Å². The molecule has 19 heavy (non-hydrogen) atoms. The molecule has 1 N–H and O–H groups in total. The van der Waals surface area contributed by atoms with Crippen molar-refractivity contribution < 1.29 is 9.90 Å². The summed E-state index contributed by atoms with van der Waals surface area (Å²) in [6.07, 6.45) is 2.45. The molecular formula is C16H19NO2. The van der Waals surface area contributed by atoms with Crippen LogP contribution in [0.1, 0.15) is 34.3 Å². The standard InChI is InChI=1S/C16H19NO2/c1-12-5-8-15(14(10-12)4-3-9-18)16(19)17(2)11-13-6-7-13/h5,8,10,13,18H,6-7,9,11H2,1-2H3. The average Bonchev–Trinajstić information content (AvgIpc) is 3.19. The van der Waals surface area contributed by atoms with Crippen molar-refractivity contribution in [1.82, 2.24) is 4.90 Å². The Bertz CT molecular complexity index is 535. The molecular weight excluding hydrogens is 238 g/mol. The fourth-order valence-corrected chi connectivity index (χ4v) is 2.06. The van der Waals surface area contributed by atoms with E-state index in [1.165, 1.54) is 12.8 Å². The van der Waals surface area contributed by atoms with E-state index < -0.39 is 0 Å². The Balaban J connectivity index is 2.23. The minimum absolute atomic E-state index is 0.00846. The number of hydrogen-bond donors (Lipinski definition) is 1. The Morgan fingerprint density at radius 2 is 2.21 bits per heavy atom. The van der Waals surface area contributed by atoms with Crippen molar-refractivity contribution in [3.8, 4) is 11.8 Å². The highest BCUT2D eigenvalue weighted by atomic mass is 16.2. The molecule has 1 aliphatic rings. The van der Waals surface area contributed by atoms with Crippen LogP contribution in [-0.2, 0) is 0 Å². The third kappa shape index (κ3) is 3.59. The smallest absolute Gasteiger partial charge is 0.254 e. The molecule has 0 heterocycles. The zero-order valence-corrected chi connectivity index (χ0v) is 11.4. The summed E-state index contributed by atoms with van der Waals surface area (Å²) in [5, 5.41) is 8.79. The highest BCUT2D eigenvalue weighted by Gasteiger charge is 2.25. The maximum atomic E-state index is 12.4. The molecule has 0 aliphatic heterocycles. The van der Waals surface area contributed by atoms with Crippen LogP contribution in [-0.4, -0.2) is 36.1 Å². The number of aliphatic hydroxyl groups excluding tert-OH is 1. The average molecular weight is 257 g/mol. The molecule has 100 valence electrons. The normalized spacial score (nSPS) is 13.6. The summed E-state index contributed by atoms with van der Waals surface area (Å²) in [5.74, 6) is 6.16. The third-order valence-electron chi connectivity index (χ3n) is 3.28. The van der Waals surface area contributed by atoms with Gasteiger partial charge in [-0.3, -0.25) is 4.79 Å². The van der Waals surface area contributed by atoms with Gasteiger partial charge < -0.3 is 10.0 Å². The molecule has 1 aromatic carbocycles. The van der Waals surface area contributed by atoms with Crippen LogP contribution >= 0.6 is 0 Å². The van der Waals surface area contributed by atoms with Crippen molar-refractivity contribution in [2.45, 2.75) is 19.8 Å². The lowest BCUT2D eigenvalue weighted by molar-refractivity contribution is 0.0788. The van der Waals surface area contributed by atoms with Crippen molar-refractivity contribution in [3.05, 3.63) is 34.9 Å². The summed E-state index contributed by atoms with van der Waals surface area (Å²) in [7, 11) is 1.84. The molecule has 3 heteroatoms. The van der Waals surface area contributed by atoms with E-state index in [2.05, 4.69) is 11.8 Å². The van der Waals surface area contributed by atoms with Gasteiger partial charge in [-0.2, -0.15) is 0 Å². The Labute approximate surface area is 114 Å². The molecule has 1 amide bonds. The first kappa shape index (κ1) is 13.6. The lowest BCUT2D eigenvalue weighted by Crippen LogP contribution is -2.29. The number of aliphatic hydroxyl groups is 1. The molecule has 1 aliphatic carbocycles. The minimum Gasteiger partial charge on any atom is -0.384 e. The van der Waals surface area contributed by atoms with E-state index in [0.29, 0.717) is 17.0 Å². The number of carbonyl (C=O) groups is 1. The highest BCUT2D eigenvalue weighted by molar-refractivity contribution is 5.96. The van der Waals surface area contributed by atoms with Gasteiger partial charge in [0.1, 0.15) is 6.61 Å². The van der Waals surface area contributed by atoms with Gasteiger partial charge in [-0.1, -0.05) is 17.9 Å². The lowest BCUT2D eigenvalue weighted by atomic mass is 10.0. The van der Waals surface area contributed by atoms with Crippen molar-refractivity contribution in [2.24, 2.45) is 5.92 Å². The van der Waals surface area contributed by atoms with Crippen molar-refractivity contribution in [3.63, 3.8) is 0 Å². The van der Waals surface area contributed by atoms with Crippen LogP contribution in [0.4, 0.5) is 0 Å². The van der Waals surface area contributed by atoms with Gasteiger partial charge in [0.2, 0.25) is 0 Å². The number of hydrogen-bond acceptors (Lipinski definition) is 2. The second-order valence-corrected chi connectivity index (χ2v) is 5.14. The van der Waals surface area contributed by atoms with Crippen LogP contribution in [0.3, 0.4) is 0 Å². The van der Waals surface area contributed by atoms with E-state index >= 15 is 0 Å². The van der Waals surface area contributed by atoms with E-state index in [1.54, 1.807) is 4.90 Å². The zero-order valence-electron chi connectivity index (χ0n) is 11.4. The third-order valence-corrected chi connectivity index (χ3v) is 3.28. The summed E-state index contributed by atoms with van der Waals surface area (Å²) < 4.78 is 0. The fraction of sp³-hybridized carbons (Fsp3) is 0.438. The quantitative estimate of drug-likeness (QED) is 0.839. The molecule has 0 aromatic heterocycles. The molecule has 3 nitrogen and oxygen atoms in total. The van der Waals surface area contributed by atoms with Crippen molar-refractivity contribution in [1.29, 1.82) is 0 Å². The second kappa shape index (κ2) is 5.90. The SMILES string of the molecule is Cc1ccc(C(=O)N(C)CC2CC2)c(C#CCO)c1. The summed E-state index contributed by atoms with van der Waals surface area (Å²) in [5.41, 5.74) is 2.38. The van der Waals surface area contributed by atoms with E-state index in [4.69, 9.17) is 5.11 Å². The fourth-order valence-electron chi connectivity index (χ4n) is 2.06. The van der Waals surface area contributed by atoms with Gasteiger partial charge >= 0.3 is 0 Å². The van der Waals surface area contributed by atoms with Crippen molar-refractivity contribution in [2.75, 3.05) is 20.2 Å². The molecule has 2 rings (SSSR count). The predicted octanol–water partition coefficient (Wildman–Crippen LogP) is 1.82. The van der Waals surface area contributed by atoms with Crippen LogP contribution in [0.5, 0.6) is 0 Å². The molecule has 0 bridgehead atoms. The van der Waals surface area contributed by atoms with Crippen LogP contribution in [0.2, 0.25) is 0 Å². The van der Waals surface area contributed by atoms with E-state index in [0.717, 1.165) is 12.1 Å². The van der Waals surface area contributed by atoms with Gasteiger partial charge in [0.25, 0.3) is 5.91 Å². The number of amides is 1. The van der Waals surface area contributed by atoms with Crippen LogP contribution in [0.25, 0.3) is 0 Å². The molecule has 1 saturated carbocycles. The van der Waals surface area contributed by atoms with Gasteiger partial charge in [-0.25, -0.2) is 0 Å². The minimum atomic E-state index is -0.195. The first-order valence-corrected chi connectivity index (χ1v) is 6.57. The maximum absolute atomic E-state index is 12.4. The first-order valence-electron chi connectivity index (χ1n) is 6.57. The van der Waals surface area contributed by atoms with Gasteiger partial charge in [0.15, 0.2) is 0 Å². The molecule has 0 radical (unpaired) electrons. The van der Waals surface area contributed by atoms with Crippen LogP contribution < -0.4 is 0 Å². The van der Waals surface area contributed by atoms with Gasteiger partial charge in [0.05, 0.1) is 5.56 Å². The van der Waals surface area contributed by atoms with Crippen molar-refractivity contribution >= 4 is 5.91 Å². The Morgan fingerprint density at radius 3 is 2.84 bits per heavy atom. The van der Waals surface area contributed by atoms with Gasteiger partial charge in [-0.05, 0) is 43.4 Å². The van der Waals surface area contributed by atoms with E-state index in [1.807, 2.05) is 32.2 Å². The molecule has 1 aromatic rings. The maximum Gasteiger partial charge on any atom is 0.254 e. The van der Waals surface area contributed by atoms with Gasteiger partial charge in [-0.15, -0.1) is 0 Å². The molecule has 0 unspecified atom stereocenters.